The molecule has 6 nitrogen and oxygen atoms in total. The second-order valence-corrected chi connectivity index (χ2v) is 5.95. The molecule has 1 fully saturated rings. The maximum atomic E-state index is 11.5. The topological polar surface area (TPSA) is 69.9 Å². The van der Waals surface area contributed by atoms with Gasteiger partial charge in [-0.3, -0.25) is 4.79 Å². The van der Waals surface area contributed by atoms with Crippen LogP contribution in [0.4, 0.5) is 0 Å². The minimum atomic E-state index is -0.217. The molecule has 0 amide bonds. The fourth-order valence-electron chi connectivity index (χ4n) is 2.20. The van der Waals surface area contributed by atoms with Crippen LogP contribution in [-0.4, -0.2) is 38.0 Å². The molecule has 0 radical (unpaired) electrons. The highest BCUT2D eigenvalue weighted by atomic mass is 32.2. The Balaban J connectivity index is 1.91. The number of cyclic esters (lactones) is 1. The van der Waals surface area contributed by atoms with Crippen molar-refractivity contribution >= 4 is 17.7 Å². The standard InChI is InChI=1S/C13H14N4O2S/c1-8-5-9(2)7-10(6-8)17-13(14-15-16-17)20-11-3-4-19-12(11)18/h5-7,11H,3-4H2,1-2H3. The molecule has 2 heterocycles. The van der Waals surface area contributed by atoms with Gasteiger partial charge in [0.05, 0.1) is 12.3 Å². The zero-order valence-electron chi connectivity index (χ0n) is 11.2. The lowest BCUT2D eigenvalue weighted by Gasteiger charge is -2.08. The smallest absolute Gasteiger partial charge is 0.319 e. The van der Waals surface area contributed by atoms with Crippen molar-refractivity contribution in [1.29, 1.82) is 0 Å². The van der Waals surface area contributed by atoms with Gasteiger partial charge in [0, 0.05) is 6.42 Å². The van der Waals surface area contributed by atoms with Crippen LogP contribution >= 0.6 is 11.8 Å². The van der Waals surface area contributed by atoms with Gasteiger partial charge in [-0.15, -0.1) is 5.10 Å². The Kier molecular flexibility index (Phi) is 3.43. The van der Waals surface area contributed by atoms with E-state index < -0.39 is 0 Å². The molecular formula is C13H14N4O2S. The normalized spacial score (nSPS) is 18.3. The number of carbonyl (C=O) groups is 1. The molecule has 1 atom stereocenters. The number of esters is 1. The molecule has 2 aromatic rings. The third-order valence-electron chi connectivity index (χ3n) is 3.03. The Morgan fingerprint density at radius 3 is 2.70 bits per heavy atom. The maximum Gasteiger partial charge on any atom is 0.319 e. The number of ether oxygens (including phenoxy) is 1. The minimum Gasteiger partial charge on any atom is -0.465 e. The Morgan fingerprint density at radius 1 is 1.30 bits per heavy atom. The zero-order valence-corrected chi connectivity index (χ0v) is 12.1. The number of hydrogen-bond acceptors (Lipinski definition) is 6. The van der Waals surface area contributed by atoms with Gasteiger partial charge in [0.2, 0.25) is 5.16 Å². The van der Waals surface area contributed by atoms with Crippen molar-refractivity contribution in [2.75, 3.05) is 6.61 Å². The van der Waals surface area contributed by atoms with E-state index in [1.54, 1.807) is 4.68 Å². The molecular weight excluding hydrogens is 276 g/mol. The van der Waals surface area contributed by atoms with Gasteiger partial charge < -0.3 is 4.74 Å². The van der Waals surface area contributed by atoms with E-state index in [-0.39, 0.29) is 11.2 Å². The maximum absolute atomic E-state index is 11.5. The van der Waals surface area contributed by atoms with Crippen molar-refractivity contribution < 1.29 is 9.53 Å². The molecule has 7 heteroatoms. The molecule has 104 valence electrons. The van der Waals surface area contributed by atoms with Crippen molar-refractivity contribution in [2.45, 2.75) is 30.7 Å². The van der Waals surface area contributed by atoms with Crippen molar-refractivity contribution in [3.63, 3.8) is 0 Å². The number of tetrazole rings is 1. The first-order chi connectivity index (χ1) is 9.63. The molecule has 1 aromatic carbocycles. The summed E-state index contributed by atoms with van der Waals surface area (Å²) >= 11 is 1.35. The van der Waals surface area contributed by atoms with Crippen molar-refractivity contribution in [2.24, 2.45) is 0 Å². The Morgan fingerprint density at radius 2 is 2.05 bits per heavy atom. The van der Waals surface area contributed by atoms with Crippen LogP contribution in [0.15, 0.2) is 23.4 Å². The molecule has 1 aromatic heterocycles. The van der Waals surface area contributed by atoms with Crippen molar-refractivity contribution in [1.82, 2.24) is 20.2 Å². The molecule has 0 aliphatic carbocycles. The SMILES string of the molecule is Cc1cc(C)cc(-n2nnnc2SC2CCOC2=O)c1. The molecule has 1 unspecified atom stereocenters. The van der Waals surface area contributed by atoms with Crippen LogP contribution in [0.1, 0.15) is 17.5 Å². The molecule has 1 aliphatic heterocycles. The highest BCUT2D eigenvalue weighted by Crippen LogP contribution is 2.29. The number of rotatable bonds is 3. The summed E-state index contributed by atoms with van der Waals surface area (Å²) in [5.41, 5.74) is 3.19. The van der Waals surface area contributed by atoms with Gasteiger partial charge >= 0.3 is 5.97 Å². The molecule has 0 bridgehead atoms. The average molecular weight is 290 g/mol. The molecule has 1 aliphatic rings. The first kappa shape index (κ1) is 13.1. The number of thioether (sulfide) groups is 1. The van der Waals surface area contributed by atoms with Gasteiger partial charge in [-0.05, 0) is 47.5 Å². The van der Waals surface area contributed by atoms with E-state index >= 15 is 0 Å². The van der Waals surface area contributed by atoms with Crippen LogP contribution in [0.3, 0.4) is 0 Å². The van der Waals surface area contributed by atoms with Crippen LogP contribution < -0.4 is 0 Å². The predicted octanol–water partition coefficient (Wildman–Crippen LogP) is 1.69. The Bertz CT molecular complexity index is 635. The Labute approximate surface area is 120 Å². The van der Waals surface area contributed by atoms with Crippen LogP contribution in [0, 0.1) is 13.8 Å². The van der Waals surface area contributed by atoms with E-state index in [2.05, 4.69) is 21.6 Å². The lowest BCUT2D eigenvalue weighted by Crippen LogP contribution is -2.11. The number of aromatic nitrogens is 4. The monoisotopic (exact) mass is 290 g/mol. The van der Waals surface area contributed by atoms with E-state index in [0.717, 1.165) is 16.8 Å². The van der Waals surface area contributed by atoms with E-state index in [9.17, 15) is 4.79 Å². The second-order valence-electron chi connectivity index (χ2n) is 4.78. The highest BCUT2D eigenvalue weighted by molar-refractivity contribution is 8.00. The molecule has 0 N–H and O–H groups in total. The number of benzene rings is 1. The summed E-state index contributed by atoms with van der Waals surface area (Å²) in [5, 5.41) is 12.1. The largest absolute Gasteiger partial charge is 0.465 e. The molecule has 3 rings (SSSR count). The number of nitrogens with zero attached hydrogens (tertiary/aromatic N) is 4. The van der Waals surface area contributed by atoms with Gasteiger partial charge in [0.1, 0.15) is 5.25 Å². The van der Waals surface area contributed by atoms with E-state index in [1.807, 2.05) is 26.0 Å². The van der Waals surface area contributed by atoms with Crippen LogP contribution in [-0.2, 0) is 9.53 Å². The number of carbonyl (C=O) groups excluding carboxylic acids is 1. The fraction of sp³-hybridized carbons (Fsp3) is 0.385. The van der Waals surface area contributed by atoms with Crippen LogP contribution in [0.25, 0.3) is 5.69 Å². The lowest BCUT2D eigenvalue weighted by atomic mass is 10.1. The zero-order chi connectivity index (χ0) is 14.1. The molecule has 0 spiro atoms. The predicted molar refractivity (Wildman–Crippen MR) is 73.8 cm³/mol. The summed E-state index contributed by atoms with van der Waals surface area (Å²) in [7, 11) is 0. The van der Waals surface area contributed by atoms with E-state index in [1.165, 1.54) is 11.8 Å². The summed E-state index contributed by atoms with van der Waals surface area (Å²) in [5.74, 6) is -0.190. The average Bonchev–Trinajstić information content (AvgIpc) is 2.99. The lowest BCUT2D eigenvalue weighted by molar-refractivity contribution is -0.137. The van der Waals surface area contributed by atoms with Crippen LogP contribution in [0.2, 0.25) is 0 Å². The number of aryl methyl sites for hydroxylation is 2. The van der Waals surface area contributed by atoms with Crippen molar-refractivity contribution in [3.8, 4) is 5.69 Å². The molecule has 0 saturated carbocycles. The first-order valence-corrected chi connectivity index (χ1v) is 7.22. The number of hydrogen-bond donors (Lipinski definition) is 0. The quantitative estimate of drug-likeness (QED) is 0.801. The highest BCUT2D eigenvalue weighted by Gasteiger charge is 2.29. The summed E-state index contributed by atoms with van der Waals surface area (Å²) in [6.07, 6.45) is 0.698. The summed E-state index contributed by atoms with van der Waals surface area (Å²) < 4.78 is 6.62. The summed E-state index contributed by atoms with van der Waals surface area (Å²) in [6.45, 7) is 4.53. The van der Waals surface area contributed by atoms with Crippen LogP contribution in [0.5, 0.6) is 0 Å². The van der Waals surface area contributed by atoms with Gasteiger partial charge in [-0.2, -0.15) is 4.68 Å². The first-order valence-electron chi connectivity index (χ1n) is 6.34. The molecule has 1 saturated heterocycles. The minimum absolute atomic E-state index is 0.190. The fourth-order valence-corrected chi connectivity index (χ4v) is 3.16. The Hall–Kier alpha value is -1.89. The third kappa shape index (κ3) is 2.53. The van der Waals surface area contributed by atoms with E-state index in [0.29, 0.717) is 18.2 Å². The van der Waals surface area contributed by atoms with E-state index in [4.69, 9.17) is 4.74 Å². The van der Waals surface area contributed by atoms with Gasteiger partial charge in [-0.25, -0.2) is 0 Å². The molecule has 20 heavy (non-hydrogen) atoms. The van der Waals surface area contributed by atoms with Gasteiger partial charge in [-0.1, -0.05) is 17.8 Å². The van der Waals surface area contributed by atoms with Crippen molar-refractivity contribution in [3.05, 3.63) is 29.3 Å². The van der Waals surface area contributed by atoms with Gasteiger partial charge in [0.25, 0.3) is 0 Å². The summed E-state index contributed by atoms with van der Waals surface area (Å²) in [4.78, 5) is 11.5. The van der Waals surface area contributed by atoms with Gasteiger partial charge in [0.15, 0.2) is 0 Å². The summed E-state index contributed by atoms with van der Waals surface area (Å²) in [6, 6.07) is 6.12. The third-order valence-corrected chi connectivity index (χ3v) is 4.20. The second kappa shape index (κ2) is 5.24.